The number of Topliss-reactive ketones (excluding diaryl/α,β-unsaturated/α-hetero) is 1. The zero-order valence-electron chi connectivity index (χ0n) is 4.05. The molecule has 0 aliphatic heterocycles. The van der Waals surface area contributed by atoms with Crippen LogP contribution < -0.4 is 0 Å². The summed E-state index contributed by atoms with van der Waals surface area (Å²) in [7, 11) is 0. The summed E-state index contributed by atoms with van der Waals surface area (Å²) < 4.78 is 4.51. The van der Waals surface area contributed by atoms with Crippen molar-refractivity contribution >= 4 is 5.78 Å². The third-order valence-electron chi connectivity index (χ3n) is 1.27. The Kier molecular flexibility index (Phi) is 0.475. The van der Waals surface area contributed by atoms with Gasteiger partial charge in [0.15, 0.2) is 5.78 Å². The minimum atomic E-state index is 0.140. The molecule has 0 saturated carbocycles. The van der Waals surface area contributed by atoms with Crippen molar-refractivity contribution in [2.24, 2.45) is 0 Å². The Labute approximate surface area is 45.3 Å². The van der Waals surface area contributed by atoms with Gasteiger partial charge in [-0.2, -0.15) is 0 Å². The number of nitrogens with zero attached hydrogens (tertiary/aromatic N) is 1. The van der Waals surface area contributed by atoms with Crippen LogP contribution in [0.4, 0.5) is 0 Å². The molecule has 0 bridgehead atoms. The first-order valence-electron chi connectivity index (χ1n) is 2.34. The number of carbonyl (C=O) groups excluding carboxylic acids is 1. The fourth-order valence-electron chi connectivity index (χ4n) is 0.755. The van der Waals surface area contributed by atoms with Gasteiger partial charge in [-0.25, -0.2) is 0 Å². The predicted octanol–water partition coefficient (Wildman–Crippen LogP) is 0.413. The monoisotopic (exact) mass is 109 g/mol. The van der Waals surface area contributed by atoms with E-state index in [0.717, 1.165) is 5.69 Å². The topological polar surface area (TPSA) is 43.1 Å². The lowest BCUT2D eigenvalue weighted by atomic mass is 9.96. The van der Waals surface area contributed by atoms with Crippen molar-refractivity contribution in [3.8, 4) is 0 Å². The van der Waals surface area contributed by atoms with Gasteiger partial charge in [0.1, 0.15) is 12.0 Å². The predicted molar refractivity (Wildman–Crippen MR) is 24.5 cm³/mol. The van der Waals surface area contributed by atoms with Crippen LogP contribution in [-0.4, -0.2) is 10.9 Å². The average molecular weight is 109 g/mol. The summed E-state index contributed by atoms with van der Waals surface area (Å²) in [6.45, 7) is 0. The van der Waals surface area contributed by atoms with Gasteiger partial charge < -0.3 is 4.52 Å². The molecule has 8 heavy (non-hydrogen) atoms. The number of ketones is 1. The molecular formula is C5H3NO2. The molecule has 1 aromatic heterocycles. The van der Waals surface area contributed by atoms with E-state index in [9.17, 15) is 4.79 Å². The van der Waals surface area contributed by atoms with Crippen molar-refractivity contribution in [2.75, 3.05) is 0 Å². The molecule has 0 N–H and O–H groups in total. The molecule has 0 radical (unpaired) electrons. The van der Waals surface area contributed by atoms with Crippen LogP contribution in [0.2, 0.25) is 0 Å². The molecule has 0 unspecified atom stereocenters. The number of aromatic nitrogens is 1. The zero-order chi connectivity index (χ0) is 5.56. The van der Waals surface area contributed by atoms with Crippen molar-refractivity contribution in [2.45, 2.75) is 6.42 Å². The lowest BCUT2D eigenvalue weighted by molar-refractivity contribution is 0.0967. The van der Waals surface area contributed by atoms with Crippen molar-refractivity contribution in [1.29, 1.82) is 0 Å². The van der Waals surface area contributed by atoms with Crippen LogP contribution in [-0.2, 0) is 6.42 Å². The highest BCUT2D eigenvalue weighted by atomic mass is 16.5. The number of hydrogen-bond donors (Lipinski definition) is 0. The molecule has 1 aromatic rings. The van der Waals surface area contributed by atoms with E-state index in [4.69, 9.17) is 0 Å². The van der Waals surface area contributed by atoms with E-state index in [1.807, 2.05) is 0 Å². The Hall–Kier alpha value is -1.12. The van der Waals surface area contributed by atoms with E-state index >= 15 is 0 Å². The molecule has 2 rings (SSSR count). The van der Waals surface area contributed by atoms with Gasteiger partial charge in [0, 0.05) is 0 Å². The maximum Gasteiger partial charge on any atom is 0.174 e. The maximum atomic E-state index is 10.5. The molecule has 3 heteroatoms. The largest absolute Gasteiger partial charge is 0.364 e. The highest BCUT2D eigenvalue weighted by molar-refractivity contribution is 6.05. The lowest BCUT2D eigenvalue weighted by Crippen LogP contribution is -2.16. The number of rotatable bonds is 0. The minimum absolute atomic E-state index is 0.140. The van der Waals surface area contributed by atoms with E-state index in [-0.39, 0.29) is 5.78 Å². The first kappa shape index (κ1) is 3.83. The third kappa shape index (κ3) is 0.258. The summed E-state index contributed by atoms with van der Waals surface area (Å²) >= 11 is 0. The maximum absolute atomic E-state index is 10.5. The van der Waals surface area contributed by atoms with E-state index in [0.29, 0.717) is 12.0 Å². The average Bonchev–Trinajstić information content (AvgIpc) is 2.09. The SMILES string of the molecule is O=C1Cc2nocc21. The smallest absolute Gasteiger partial charge is 0.174 e. The molecule has 40 valence electrons. The van der Waals surface area contributed by atoms with Crippen LogP contribution in [0, 0.1) is 0 Å². The highest BCUT2D eigenvalue weighted by Crippen LogP contribution is 2.19. The first-order valence-corrected chi connectivity index (χ1v) is 2.34. The fraction of sp³-hybridized carbons (Fsp3) is 0.200. The molecule has 1 aliphatic carbocycles. The van der Waals surface area contributed by atoms with Crippen molar-refractivity contribution < 1.29 is 9.32 Å². The molecule has 3 nitrogen and oxygen atoms in total. The molecule has 0 aromatic carbocycles. The van der Waals surface area contributed by atoms with Gasteiger partial charge in [0.25, 0.3) is 0 Å². The first-order chi connectivity index (χ1) is 3.88. The second-order valence-corrected chi connectivity index (χ2v) is 1.77. The molecule has 0 fully saturated rings. The summed E-state index contributed by atoms with van der Waals surface area (Å²) in [5.74, 6) is 0.140. The van der Waals surface area contributed by atoms with E-state index < -0.39 is 0 Å². The van der Waals surface area contributed by atoms with Crippen LogP contribution in [0.5, 0.6) is 0 Å². The zero-order valence-corrected chi connectivity index (χ0v) is 4.05. The molecule has 0 spiro atoms. The third-order valence-corrected chi connectivity index (χ3v) is 1.27. The summed E-state index contributed by atoms with van der Waals surface area (Å²) in [5, 5.41) is 3.56. The fourth-order valence-corrected chi connectivity index (χ4v) is 0.755. The summed E-state index contributed by atoms with van der Waals surface area (Å²) in [5.41, 5.74) is 1.46. The van der Waals surface area contributed by atoms with Gasteiger partial charge in [-0.05, 0) is 0 Å². The quantitative estimate of drug-likeness (QED) is 0.484. The number of hydrogen-bond acceptors (Lipinski definition) is 3. The Morgan fingerprint density at radius 2 is 2.62 bits per heavy atom. The van der Waals surface area contributed by atoms with Gasteiger partial charge in [0.05, 0.1) is 12.0 Å². The summed E-state index contributed by atoms with van der Waals surface area (Å²) in [6.07, 6.45) is 1.85. The molecule has 0 atom stereocenters. The van der Waals surface area contributed by atoms with Gasteiger partial charge in [-0.3, -0.25) is 4.79 Å². The van der Waals surface area contributed by atoms with Crippen LogP contribution in [0.1, 0.15) is 16.1 Å². The van der Waals surface area contributed by atoms with Crippen LogP contribution in [0.25, 0.3) is 0 Å². The number of carbonyl (C=O) groups is 1. The second kappa shape index (κ2) is 0.992. The normalized spacial score (nSPS) is 15.2. The molecule has 1 aliphatic rings. The standard InChI is InChI=1S/C5H3NO2/c7-5-1-4-3(5)2-8-6-4/h2H,1H2. The summed E-state index contributed by atoms with van der Waals surface area (Å²) in [4.78, 5) is 10.5. The van der Waals surface area contributed by atoms with Gasteiger partial charge in [0.2, 0.25) is 0 Å². The second-order valence-electron chi connectivity index (χ2n) is 1.77. The highest BCUT2D eigenvalue weighted by Gasteiger charge is 2.26. The van der Waals surface area contributed by atoms with Gasteiger partial charge >= 0.3 is 0 Å². The van der Waals surface area contributed by atoms with Gasteiger partial charge in [-0.15, -0.1) is 0 Å². The van der Waals surface area contributed by atoms with Crippen molar-refractivity contribution in [3.63, 3.8) is 0 Å². The van der Waals surface area contributed by atoms with Gasteiger partial charge in [-0.1, -0.05) is 5.16 Å². The van der Waals surface area contributed by atoms with E-state index in [1.165, 1.54) is 6.26 Å². The Morgan fingerprint density at radius 3 is 3.12 bits per heavy atom. The minimum Gasteiger partial charge on any atom is -0.364 e. The van der Waals surface area contributed by atoms with Crippen molar-refractivity contribution in [3.05, 3.63) is 17.5 Å². The van der Waals surface area contributed by atoms with E-state index in [2.05, 4.69) is 9.68 Å². The van der Waals surface area contributed by atoms with E-state index in [1.54, 1.807) is 0 Å². The molecule has 0 amide bonds. The Balaban J connectivity index is 2.68. The Morgan fingerprint density at radius 1 is 1.75 bits per heavy atom. The van der Waals surface area contributed by atoms with Crippen LogP contribution in [0.3, 0.4) is 0 Å². The molecular weight excluding hydrogens is 106 g/mol. The lowest BCUT2D eigenvalue weighted by Gasteiger charge is -2.04. The molecule has 1 heterocycles. The summed E-state index contributed by atoms with van der Waals surface area (Å²) in [6, 6.07) is 0. The Bertz CT molecular complexity index is 238. The molecule has 0 saturated heterocycles. The van der Waals surface area contributed by atoms with Crippen molar-refractivity contribution in [1.82, 2.24) is 5.16 Å². The van der Waals surface area contributed by atoms with Crippen LogP contribution in [0.15, 0.2) is 10.8 Å². The number of fused-ring (bicyclic) bond motifs is 1. The van der Waals surface area contributed by atoms with Crippen LogP contribution >= 0.6 is 0 Å².